The van der Waals surface area contributed by atoms with Gasteiger partial charge in [-0.1, -0.05) is 6.07 Å². The van der Waals surface area contributed by atoms with Gasteiger partial charge in [0.25, 0.3) is 0 Å². The fourth-order valence-corrected chi connectivity index (χ4v) is 2.56. The first kappa shape index (κ1) is 20.8. The average Bonchev–Trinajstić information content (AvgIpc) is 2.71. The molecule has 2 aromatic heterocycles. The molecule has 0 aliphatic carbocycles. The molecule has 0 atom stereocenters. The highest BCUT2D eigenvalue weighted by Gasteiger charge is 2.13. The molecule has 2 rings (SSSR count). The van der Waals surface area contributed by atoms with E-state index in [0.717, 1.165) is 24.4 Å². The molecule has 126 valence electrons. The monoisotopic (exact) mass is 347 g/mol. The van der Waals surface area contributed by atoms with Crippen LogP contribution in [-0.4, -0.2) is 39.7 Å². The molecule has 2 heterocycles. The lowest BCUT2D eigenvalue weighted by Crippen LogP contribution is -2.40. The maximum absolute atomic E-state index is 6.12. The molecule has 0 aromatic carbocycles. The number of halogens is 2. The van der Waals surface area contributed by atoms with Crippen molar-refractivity contribution < 1.29 is 0 Å². The van der Waals surface area contributed by atoms with Crippen LogP contribution in [0.25, 0.3) is 5.52 Å². The molecule has 0 radical (unpaired) electrons. The van der Waals surface area contributed by atoms with E-state index >= 15 is 0 Å². The van der Waals surface area contributed by atoms with E-state index in [4.69, 9.17) is 5.73 Å². The topological polar surface area (TPSA) is 58.6 Å². The molecular weight excluding hydrogens is 321 g/mol. The van der Waals surface area contributed by atoms with Crippen LogP contribution in [0.5, 0.6) is 0 Å². The largest absolute Gasteiger partial charge is 0.394 e. The summed E-state index contributed by atoms with van der Waals surface area (Å²) < 4.78 is 1.81. The first-order chi connectivity index (χ1) is 9.50. The van der Waals surface area contributed by atoms with Crippen molar-refractivity contribution in [1.29, 1.82) is 0 Å². The van der Waals surface area contributed by atoms with Gasteiger partial charge >= 0.3 is 0 Å². The van der Waals surface area contributed by atoms with Crippen molar-refractivity contribution >= 4 is 41.8 Å². The maximum Gasteiger partial charge on any atom is 0.172 e. The second-order valence-corrected chi connectivity index (χ2v) is 5.64. The Labute approximate surface area is 145 Å². The first-order valence-electron chi connectivity index (χ1n) is 7.23. The molecule has 0 amide bonds. The first-order valence-corrected chi connectivity index (χ1v) is 7.23. The Bertz CT molecular complexity index is 560. The molecule has 0 spiro atoms. The lowest BCUT2D eigenvalue weighted by molar-refractivity contribution is 0.182. The number of nitrogens with zero attached hydrogens (tertiary/aromatic N) is 3. The number of rotatable bonds is 6. The van der Waals surface area contributed by atoms with E-state index in [1.165, 1.54) is 0 Å². The van der Waals surface area contributed by atoms with E-state index in [0.29, 0.717) is 17.8 Å². The van der Waals surface area contributed by atoms with Gasteiger partial charge in [0.15, 0.2) is 5.82 Å². The average molecular weight is 348 g/mol. The lowest BCUT2D eigenvalue weighted by atomic mass is 10.2. The molecule has 5 nitrogen and oxygen atoms in total. The van der Waals surface area contributed by atoms with Crippen molar-refractivity contribution in [3.05, 3.63) is 24.4 Å². The molecule has 2 aromatic rings. The summed E-state index contributed by atoms with van der Waals surface area (Å²) in [5.74, 6) is 0.767. The highest BCUT2D eigenvalue weighted by atomic mass is 35.5. The summed E-state index contributed by atoms with van der Waals surface area (Å²) in [4.78, 5) is 2.44. The third kappa shape index (κ3) is 4.66. The van der Waals surface area contributed by atoms with Crippen LogP contribution >= 0.6 is 24.8 Å². The van der Waals surface area contributed by atoms with Crippen LogP contribution in [0.4, 0.5) is 11.5 Å². The number of nitrogens with one attached hydrogen (secondary N) is 1. The van der Waals surface area contributed by atoms with E-state index in [-0.39, 0.29) is 24.8 Å². The molecule has 0 fully saturated rings. The van der Waals surface area contributed by atoms with E-state index in [1.54, 1.807) is 4.52 Å². The predicted molar refractivity (Wildman–Crippen MR) is 99.6 cm³/mol. The Hall–Kier alpha value is -1.17. The Balaban J connectivity index is 0.00000220. The Morgan fingerprint density at radius 1 is 1.18 bits per heavy atom. The number of hydrogen-bond acceptors (Lipinski definition) is 4. The number of pyridine rings is 1. The molecule has 0 aliphatic heterocycles. The van der Waals surface area contributed by atoms with Crippen LogP contribution in [0.3, 0.4) is 0 Å². The van der Waals surface area contributed by atoms with Gasteiger partial charge in [0, 0.05) is 31.4 Å². The van der Waals surface area contributed by atoms with Crippen LogP contribution in [-0.2, 0) is 0 Å². The van der Waals surface area contributed by atoms with E-state index < -0.39 is 0 Å². The molecule has 22 heavy (non-hydrogen) atoms. The third-order valence-corrected chi connectivity index (χ3v) is 3.57. The lowest BCUT2D eigenvalue weighted by Gasteiger charge is -2.30. The van der Waals surface area contributed by atoms with Crippen molar-refractivity contribution in [1.82, 2.24) is 14.5 Å². The Kier molecular flexibility index (Phi) is 8.60. The van der Waals surface area contributed by atoms with E-state index in [1.807, 2.05) is 24.4 Å². The number of hydrogen-bond donors (Lipinski definition) is 2. The van der Waals surface area contributed by atoms with Gasteiger partial charge in [-0.15, -0.1) is 29.9 Å². The van der Waals surface area contributed by atoms with Crippen molar-refractivity contribution in [2.75, 3.05) is 24.1 Å². The number of aromatic nitrogens is 2. The molecule has 7 heteroatoms. The van der Waals surface area contributed by atoms with Gasteiger partial charge < -0.3 is 11.1 Å². The van der Waals surface area contributed by atoms with Gasteiger partial charge in [-0.2, -0.15) is 0 Å². The fourth-order valence-electron chi connectivity index (χ4n) is 2.56. The summed E-state index contributed by atoms with van der Waals surface area (Å²) in [6.07, 6.45) is 1.91. The zero-order chi connectivity index (χ0) is 14.7. The zero-order valence-corrected chi connectivity index (χ0v) is 15.2. The fraction of sp³-hybridized carbons (Fsp3) is 0.533. The Morgan fingerprint density at radius 3 is 2.36 bits per heavy atom. The second kappa shape index (κ2) is 9.08. The maximum atomic E-state index is 6.12. The minimum Gasteiger partial charge on any atom is -0.394 e. The summed E-state index contributed by atoms with van der Waals surface area (Å²) >= 11 is 0. The molecule has 0 bridgehead atoms. The molecule has 0 unspecified atom stereocenters. The van der Waals surface area contributed by atoms with Gasteiger partial charge in [0.1, 0.15) is 5.69 Å². The normalized spacial score (nSPS) is 10.9. The van der Waals surface area contributed by atoms with Gasteiger partial charge in [0.2, 0.25) is 0 Å². The predicted octanol–water partition coefficient (Wildman–Crippen LogP) is 3.29. The summed E-state index contributed by atoms with van der Waals surface area (Å²) in [5.41, 5.74) is 7.77. The number of anilines is 2. The van der Waals surface area contributed by atoms with Crippen molar-refractivity contribution in [2.45, 2.75) is 39.8 Å². The summed E-state index contributed by atoms with van der Waals surface area (Å²) in [5, 5.41) is 7.80. The molecule has 0 saturated carbocycles. The van der Waals surface area contributed by atoms with E-state index in [2.05, 4.69) is 43.0 Å². The minimum atomic E-state index is 0. The minimum absolute atomic E-state index is 0. The summed E-state index contributed by atoms with van der Waals surface area (Å²) in [6.45, 7) is 10.7. The van der Waals surface area contributed by atoms with Crippen LogP contribution in [0, 0.1) is 0 Å². The van der Waals surface area contributed by atoms with Crippen LogP contribution < -0.4 is 11.1 Å². The SMILES string of the molecule is CC(C)N(CCNc1nn2ccccc2c1N)C(C)C.Cl.Cl. The highest BCUT2D eigenvalue weighted by molar-refractivity contribution is 5.85. The summed E-state index contributed by atoms with van der Waals surface area (Å²) in [6, 6.07) is 6.96. The Morgan fingerprint density at radius 2 is 1.82 bits per heavy atom. The number of nitrogen functional groups attached to an aromatic ring is 1. The van der Waals surface area contributed by atoms with Gasteiger partial charge in [-0.05, 0) is 39.8 Å². The standard InChI is InChI=1S/C15H25N5.2ClH/c1-11(2)19(12(3)4)10-8-17-15-14(16)13-7-5-6-9-20(13)18-15;;/h5-7,9,11-12H,8,10,16H2,1-4H3,(H,17,18);2*1H. The van der Waals surface area contributed by atoms with Crippen molar-refractivity contribution in [3.63, 3.8) is 0 Å². The number of nitrogens with two attached hydrogens (primary N) is 1. The third-order valence-electron chi connectivity index (χ3n) is 3.57. The van der Waals surface area contributed by atoms with Gasteiger partial charge in [-0.3, -0.25) is 4.90 Å². The number of fused-ring (bicyclic) bond motifs is 1. The molecule has 3 N–H and O–H groups in total. The smallest absolute Gasteiger partial charge is 0.172 e. The summed E-state index contributed by atoms with van der Waals surface area (Å²) in [7, 11) is 0. The van der Waals surface area contributed by atoms with Gasteiger partial charge in [-0.25, -0.2) is 4.52 Å². The van der Waals surface area contributed by atoms with Crippen LogP contribution in [0.2, 0.25) is 0 Å². The molecular formula is C15H27Cl2N5. The van der Waals surface area contributed by atoms with Crippen LogP contribution in [0.15, 0.2) is 24.4 Å². The van der Waals surface area contributed by atoms with Gasteiger partial charge in [0.05, 0.1) is 5.52 Å². The van der Waals surface area contributed by atoms with Crippen LogP contribution in [0.1, 0.15) is 27.7 Å². The molecule has 0 aliphatic rings. The van der Waals surface area contributed by atoms with E-state index in [9.17, 15) is 0 Å². The molecule has 0 saturated heterocycles. The zero-order valence-electron chi connectivity index (χ0n) is 13.6. The second-order valence-electron chi connectivity index (χ2n) is 5.64. The quantitative estimate of drug-likeness (QED) is 0.841. The van der Waals surface area contributed by atoms with Crippen molar-refractivity contribution in [2.24, 2.45) is 0 Å². The highest BCUT2D eigenvalue weighted by Crippen LogP contribution is 2.22. The van der Waals surface area contributed by atoms with Crippen molar-refractivity contribution in [3.8, 4) is 0 Å².